The number of carbonyl (C=O) groups is 2. The molecule has 0 spiro atoms. The molecule has 0 radical (unpaired) electrons. The molecule has 0 aliphatic carbocycles. The first-order chi connectivity index (χ1) is 15.8. The normalized spacial score (nSPS) is 17.8. The van der Waals surface area contributed by atoms with E-state index in [4.69, 9.17) is 4.74 Å². The van der Waals surface area contributed by atoms with Gasteiger partial charge in [0.2, 0.25) is 0 Å². The van der Waals surface area contributed by atoms with Gasteiger partial charge in [-0.1, -0.05) is 43.7 Å². The second-order valence-corrected chi connectivity index (χ2v) is 8.34. The van der Waals surface area contributed by atoms with Gasteiger partial charge >= 0.3 is 0 Å². The molecule has 1 N–H and O–H groups in total. The first-order valence-corrected chi connectivity index (χ1v) is 11.6. The molecule has 1 saturated heterocycles. The zero-order valence-corrected chi connectivity index (χ0v) is 20.2. The van der Waals surface area contributed by atoms with Crippen molar-refractivity contribution in [2.75, 3.05) is 32.8 Å². The van der Waals surface area contributed by atoms with Crippen molar-refractivity contribution in [3.05, 3.63) is 70.3 Å². The highest BCUT2D eigenvalue weighted by Gasteiger charge is 2.46. The summed E-state index contributed by atoms with van der Waals surface area (Å²) in [6, 6.07) is 12.5. The first kappa shape index (κ1) is 24.5. The second kappa shape index (κ2) is 10.7. The van der Waals surface area contributed by atoms with Crippen LogP contribution in [0.5, 0.6) is 5.75 Å². The number of aryl methyl sites for hydroxylation is 2. The van der Waals surface area contributed by atoms with Gasteiger partial charge in [-0.3, -0.25) is 9.59 Å². The number of nitrogens with zero attached hydrogens (tertiary/aromatic N) is 2. The van der Waals surface area contributed by atoms with E-state index in [1.165, 1.54) is 0 Å². The van der Waals surface area contributed by atoms with Crippen LogP contribution in [0.4, 0.5) is 0 Å². The third-order valence-corrected chi connectivity index (χ3v) is 6.25. The summed E-state index contributed by atoms with van der Waals surface area (Å²) < 4.78 is 5.55. The van der Waals surface area contributed by atoms with Crippen LogP contribution in [-0.4, -0.2) is 59.4 Å². The highest BCUT2D eigenvalue weighted by Crippen LogP contribution is 2.40. The Morgan fingerprint density at radius 1 is 1.03 bits per heavy atom. The number of hydrogen-bond acceptors (Lipinski definition) is 5. The Bertz CT molecular complexity index is 1040. The van der Waals surface area contributed by atoms with Gasteiger partial charge in [-0.15, -0.1) is 0 Å². The van der Waals surface area contributed by atoms with E-state index in [0.717, 1.165) is 29.8 Å². The Kier molecular flexibility index (Phi) is 7.92. The van der Waals surface area contributed by atoms with Gasteiger partial charge in [0.05, 0.1) is 18.2 Å². The van der Waals surface area contributed by atoms with E-state index in [2.05, 4.69) is 18.7 Å². The molecule has 1 aliphatic heterocycles. The number of Topliss-reactive ketones (excluding diaryl/α,β-unsaturated/α-hetero) is 1. The maximum Gasteiger partial charge on any atom is 0.295 e. The fourth-order valence-corrected chi connectivity index (χ4v) is 4.30. The van der Waals surface area contributed by atoms with Crippen molar-refractivity contribution in [2.45, 2.75) is 40.7 Å². The SMILES string of the molecule is CCOc1ccc(C(O)=C2C(=O)C(=O)N(CCN(CC)CC)C2c2ccc(C)cc2)c(C)c1. The summed E-state index contributed by atoms with van der Waals surface area (Å²) in [5.41, 5.74) is 3.33. The highest BCUT2D eigenvalue weighted by molar-refractivity contribution is 6.46. The molecule has 1 heterocycles. The molecule has 0 saturated carbocycles. The van der Waals surface area contributed by atoms with Gasteiger partial charge in [0, 0.05) is 18.7 Å². The van der Waals surface area contributed by atoms with Gasteiger partial charge in [-0.2, -0.15) is 0 Å². The van der Waals surface area contributed by atoms with Crippen LogP contribution in [0.15, 0.2) is 48.0 Å². The molecule has 2 aromatic rings. The molecule has 3 rings (SSSR count). The van der Waals surface area contributed by atoms with E-state index >= 15 is 0 Å². The number of ketones is 1. The Labute approximate surface area is 196 Å². The third kappa shape index (κ3) is 5.11. The van der Waals surface area contributed by atoms with E-state index < -0.39 is 17.7 Å². The maximum atomic E-state index is 13.2. The van der Waals surface area contributed by atoms with Crippen molar-refractivity contribution in [3.63, 3.8) is 0 Å². The van der Waals surface area contributed by atoms with E-state index in [0.29, 0.717) is 31.0 Å². The number of amides is 1. The quantitative estimate of drug-likeness (QED) is 0.347. The summed E-state index contributed by atoms with van der Waals surface area (Å²) >= 11 is 0. The van der Waals surface area contributed by atoms with Gasteiger partial charge < -0.3 is 19.6 Å². The summed E-state index contributed by atoms with van der Waals surface area (Å²) in [6.45, 7) is 13.2. The topological polar surface area (TPSA) is 70.1 Å². The van der Waals surface area contributed by atoms with Crippen LogP contribution in [-0.2, 0) is 9.59 Å². The maximum absolute atomic E-state index is 13.2. The average Bonchev–Trinajstić information content (AvgIpc) is 3.05. The summed E-state index contributed by atoms with van der Waals surface area (Å²) in [4.78, 5) is 30.1. The van der Waals surface area contributed by atoms with Crippen LogP contribution in [0, 0.1) is 13.8 Å². The van der Waals surface area contributed by atoms with Crippen molar-refractivity contribution in [2.24, 2.45) is 0 Å². The lowest BCUT2D eigenvalue weighted by atomic mass is 9.93. The van der Waals surface area contributed by atoms with E-state index in [1.54, 1.807) is 17.0 Å². The summed E-state index contributed by atoms with van der Waals surface area (Å²) in [5.74, 6) is -0.671. The van der Waals surface area contributed by atoms with E-state index in [1.807, 2.05) is 51.1 Å². The zero-order chi connectivity index (χ0) is 24.1. The Balaban J connectivity index is 2.10. The predicted octanol–water partition coefficient (Wildman–Crippen LogP) is 4.47. The first-order valence-electron chi connectivity index (χ1n) is 11.6. The molecule has 1 unspecified atom stereocenters. The highest BCUT2D eigenvalue weighted by atomic mass is 16.5. The monoisotopic (exact) mass is 450 g/mol. The fourth-order valence-electron chi connectivity index (χ4n) is 4.30. The van der Waals surface area contributed by atoms with Crippen molar-refractivity contribution < 1.29 is 19.4 Å². The lowest BCUT2D eigenvalue weighted by Gasteiger charge is -2.28. The van der Waals surface area contributed by atoms with Crippen molar-refractivity contribution in [1.29, 1.82) is 0 Å². The lowest BCUT2D eigenvalue weighted by molar-refractivity contribution is -0.140. The number of carbonyl (C=O) groups excluding carboxylic acids is 2. The number of benzene rings is 2. The molecule has 6 heteroatoms. The molecule has 176 valence electrons. The summed E-state index contributed by atoms with van der Waals surface area (Å²) in [7, 11) is 0. The molecular weight excluding hydrogens is 416 g/mol. The average molecular weight is 451 g/mol. The van der Waals surface area contributed by atoms with Crippen LogP contribution in [0.25, 0.3) is 5.76 Å². The minimum atomic E-state index is -0.647. The summed E-state index contributed by atoms with van der Waals surface area (Å²) in [5, 5.41) is 11.3. The molecule has 0 bridgehead atoms. The molecule has 1 amide bonds. The van der Waals surface area contributed by atoms with Crippen molar-refractivity contribution >= 4 is 17.4 Å². The van der Waals surface area contributed by atoms with Gasteiger partial charge in [-0.25, -0.2) is 0 Å². The smallest absolute Gasteiger partial charge is 0.295 e. The number of aliphatic hydroxyl groups excluding tert-OH is 1. The number of rotatable bonds is 9. The number of aliphatic hydroxyl groups is 1. The van der Waals surface area contributed by atoms with Gasteiger partial charge in [0.1, 0.15) is 11.5 Å². The van der Waals surface area contributed by atoms with Crippen LogP contribution in [0.1, 0.15) is 49.1 Å². The minimum Gasteiger partial charge on any atom is -0.507 e. The van der Waals surface area contributed by atoms with Crippen LogP contribution in [0.2, 0.25) is 0 Å². The van der Waals surface area contributed by atoms with Crippen molar-refractivity contribution in [1.82, 2.24) is 9.80 Å². The molecular formula is C27H34N2O4. The second-order valence-electron chi connectivity index (χ2n) is 8.34. The van der Waals surface area contributed by atoms with Gasteiger partial charge in [0.25, 0.3) is 11.7 Å². The lowest BCUT2D eigenvalue weighted by Crippen LogP contribution is -2.38. The standard InChI is InChI=1S/C27H34N2O4/c1-6-28(7-2)15-16-29-24(20-11-9-18(4)10-12-20)23(26(31)27(29)32)25(30)22-14-13-21(33-8-3)17-19(22)5/h9-14,17,24,30H,6-8,15-16H2,1-5H3. The molecule has 6 nitrogen and oxygen atoms in total. The number of hydrogen-bond donors (Lipinski definition) is 1. The largest absolute Gasteiger partial charge is 0.507 e. The predicted molar refractivity (Wildman–Crippen MR) is 130 cm³/mol. The van der Waals surface area contributed by atoms with Crippen LogP contribution >= 0.6 is 0 Å². The Morgan fingerprint density at radius 2 is 1.70 bits per heavy atom. The molecule has 1 aliphatic rings. The Morgan fingerprint density at radius 3 is 2.27 bits per heavy atom. The van der Waals surface area contributed by atoms with Gasteiger partial charge in [0.15, 0.2) is 0 Å². The van der Waals surface area contributed by atoms with E-state index in [9.17, 15) is 14.7 Å². The minimum absolute atomic E-state index is 0.135. The number of likely N-dealkylation sites (tertiary alicyclic amines) is 1. The van der Waals surface area contributed by atoms with Crippen LogP contribution in [0.3, 0.4) is 0 Å². The summed E-state index contributed by atoms with van der Waals surface area (Å²) in [6.07, 6.45) is 0. The molecule has 2 aromatic carbocycles. The third-order valence-electron chi connectivity index (χ3n) is 6.25. The molecule has 0 aromatic heterocycles. The fraction of sp³-hybridized carbons (Fsp3) is 0.407. The molecule has 33 heavy (non-hydrogen) atoms. The zero-order valence-electron chi connectivity index (χ0n) is 20.2. The molecule has 1 atom stereocenters. The Hall–Kier alpha value is -3.12. The van der Waals surface area contributed by atoms with Crippen molar-refractivity contribution in [3.8, 4) is 5.75 Å². The van der Waals surface area contributed by atoms with Gasteiger partial charge in [-0.05, 0) is 63.2 Å². The number of likely N-dealkylation sites (N-methyl/N-ethyl adjacent to an activating group) is 1. The number of ether oxygens (including phenoxy) is 1. The van der Waals surface area contributed by atoms with Crippen LogP contribution < -0.4 is 4.74 Å². The van der Waals surface area contributed by atoms with E-state index in [-0.39, 0.29) is 11.3 Å². The molecule has 1 fully saturated rings.